The molecule has 0 radical (unpaired) electrons. The van der Waals surface area contributed by atoms with Crippen molar-refractivity contribution in [3.63, 3.8) is 0 Å². The molecule has 0 spiro atoms. The highest BCUT2D eigenvalue weighted by Crippen LogP contribution is 2.29. The lowest BCUT2D eigenvalue weighted by Crippen LogP contribution is -2.45. The van der Waals surface area contributed by atoms with Gasteiger partial charge < -0.3 is 15.2 Å². The molecule has 110 valence electrons. The Morgan fingerprint density at radius 3 is 2.50 bits per heavy atom. The third-order valence-electron chi connectivity index (χ3n) is 2.93. The van der Waals surface area contributed by atoms with Crippen molar-refractivity contribution < 1.29 is 27.8 Å². The highest BCUT2D eigenvalue weighted by Gasteiger charge is 2.34. The Bertz CT molecular complexity index is 472. The van der Waals surface area contributed by atoms with Gasteiger partial charge in [0.05, 0.1) is 19.0 Å². The first-order chi connectivity index (χ1) is 9.34. The number of alkyl halides is 3. The topological polar surface area (TPSA) is 84.3 Å². The summed E-state index contributed by atoms with van der Waals surface area (Å²) in [6.45, 7) is 0.298. The van der Waals surface area contributed by atoms with Gasteiger partial charge in [0.2, 0.25) is 5.82 Å². The summed E-state index contributed by atoms with van der Waals surface area (Å²) >= 11 is 0. The van der Waals surface area contributed by atoms with Crippen LogP contribution in [-0.4, -0.2) is 33.8 Å². The molecular formula is C11H12F3N3O3. The van der Waals surface area contributed by atoms with E-state index in [-0.39, 0.29) is 17.7 Å². The summed E-state index contributed by atoms with van der Waals surface area (Å²) in [5.74, 6) is -0.874. The first kappa shape index (κ1) is 14.4. The number of nitrogens with zero attached hydrogens (tertiary/aromatic N) is 2. The molecule has 1 aromatic rings. The molecule has 6 nitrogen and oxygen atoms in total. The van der Waals surface area contributed by atoms with Gasteiger partial charge in [-0.1, -0.05) is 0 Å². The normalized spacial score (nSPS) is 21.9. The lowest BCUT2D eigenvalue weighted by molar-refractivity contribution is -0.145. The highest BCUT2D eigenvalue weighted by atomic mass is 19.4. The summed E-state index contributed by atoms with van der Waals surface area (Å²) in [6, 6.07) is -0.0787. The number of carbonyl (C=O) groups is 1. The first-order valence-electron chi connectivity index (χ1n) is 5.86. The number of hydrogen-bond acceptors (Lipinski definition) is 4. The van der Waals surface area contributed by atoms with Crippen LogP contribution in [0.1, 0.15) is 18.7 Å². The van der Waals surface area contributed by atoms with Crippen LogP contribution in [0.15, 0.2) is 12.4 Å². The lowest BCUT2D eigenvalue weighted by Gasteiger charge is -2.34. The van der Waals surface area contributed by atoms with E-state index in [1.54, 1.807) is 0 Å². The Morgan fingerprint density at radius 2 is 2.00 bits per heavy atom. The second-order valence-electron chi connectivity index (χ2n) is 4.53. The van der Waals surface area contributed by atoms with Crippen molar-refractivity contribution in [3.05, 3.63) is 18.2 Å². The van der Waals surface area contributed by atoms with Gasteiger partial charge in [-0.2, -0.15) is 13.2 Å². The minimum atomic E-state index is -4.57. The van der Waals surface area contributed by atoms with Crippen molar-refractivity contribution in [2.75, 3.05) is 6.61 Å². The molecule has 9 heteroatoms. The number of halogens is 3. The van der Waals surface area contributed by atoms with Crippen LogP contribution in [0.5, 0.6) is 5.75 Å². The molecule has 1 heterocycles. The van der Waals surface area contributed by atoms with E-state index in [1.807, 2.05) is 0 Å². The van der Waals surface area contributed by atoms with E-state index in [1.165, 1.54) is 0 Å². The zero-order chi connectivity index (χ0) is 14.8. The van der Waals surface area contributed by atoms with Gasteiger partial charge in [-0.05, 0) is 18.8 Å². The first-order valence-corrected chi connectivity index (χ1v) is 5.86. The third-order valence-corrected chi connectivity index (χ3v) is 2.93. The molecule has 0 aliphatic heterocycles. The van der Waals surface area contributed by atoms with Crippen LogP contribution < -0.4 is 10.1 Å². The molecule has 1 aromatic heterocycles. The second-order valence-corrected chi connectivity index (χ2v) is 4.53. The van der Waals surface area contributed by atoms with Crippen LogP contribution in [0, 0.1) is 5.92 Å². The van der Waals surface area contributed by atoms with Crippen molar-refractivity contribution in [2.24, 2.45) is 5.92 Å². The van der Waals surface area contributed by atoms with Crippen molar-refractivity contribution in [3.8, 4) is 5.75 Å². The van der Waals surface area contributed by atoms with Gasteiger partial charge in [0.15, 0.2) is 5.75 Å². The fourth-order valence-corrected chi connectivity index (χ4v) is 1.92. The Kier molecular flexibility index (Phi) is 3.96. The zero-order valence-electron chi connectivity index (χ0n) is 10.2. The number of carboxylic acid groups (broad SMARTS) is 1. The van der Waals surface area contributed by atoms with E-state index >= 15 is 0 Å². The smallest absolute Gasteiger partial charge is 0.451 e. The molecule has 1 saturated carbocycles. The van der Waals surface area contributed by atoms with Crippen molar-refractivity contribution in [1.29, 1.82) is 0 Å². The maximum absolute atomic E-state index is 12.2. The molecule has 1 amide bonds. The molecule has 2 N–H and O–H groups in total. The van der Waals surface area contributed by atoms with Crippen LogP contribution in [0.3, 0.4) is 0 Å². The molecule has 0 atom stereocenters. The van der Waals surface area contributed by atoms with Crippen LogP contribution in [-0.2, 0) is 6.18 Å². The Hall–Kier alpha value is -2.06. The molecule has 20 heavy (non-hydrogen) atoms. The van der Waals surface area contributed by atoms with Crippen LogP contribution >= 0.6 is 0 Å². The van der Waals surface area contributed by atoms with E-state index < -0.39 is 18.1 Å². The fraction of sp³-hybridized carbons (Fsp3) is 0.545. The van der Waals surface area contributed by atoms with Crippen LogP contribution in [0.25, 0.3) is 0 Å². The van der Waals surface area contributed by atoms with Crippen molar-refractivity contribution in [1.82, 2.24) is 15.3 Å². The predicted octanol–water partition coefficient (Wildman–Crippen LogP) is 1.92. The van der Waals surface area contributed by atoms with Crippen molar-refractivity contribution in [2.45, 2.75) is 25.1 Å². The number of hydrogen-bond donors (Lipinski definition) is 2. The third kappa shape index (κ3) is 3.72. The van der Waals surface area contributed by atoms with Gasteiger partial charge in [-0.15, -0.1) is 0 Å². The van der Waals surface area contributed by atoms with Gasteiger partial charge in [0, 0.05) is 6.04 Å². The number of ether oxygens (including phenoxy) is 1. The highest BCUT2D eigenvalue weighted by molar-refractivity contribution is 5.65. The van der Waals surface area contributed by atoms with Gasteiger partial charge in [0.25, 0.3) is 0 Å². The standard InChI is InChI=1S/C11H12F3N3O3/c12-11(13,14)9-15-3-8(4-16-9)20-5-6-1-7(2-6)17-10(18)19/h3-4,6-7,17H,1-2,5H2,(H,18,19)/t6-,7+. The molecule has 0 saturated heterocycles. The quantitative estimate of drug-likeness (QED) is 0.885. The molecule has 0 aromatic carbocycles. The summed E-state index contributed by atoms with van der Waals surface area (Å²) in [5.41, 5.74) is 0. The van der Waals surface area contributed by atoms with Crippen molar-refractivity contribution >= 4 is 6.09 Å². The minimum absolute atomic E-state index is 0.0787. The fourth-order valence-electron chi connectivity index (χ4n) is 1.92. The summed E-state index contributed by atoms with van der Waals surface area (Å²) in [7, 11) is 0. The molecule has 1 aliphatic rings. The number of nitrogens with one attached hydrogen (secondary N) is 1. The number of rotatable bonds is 4. The average Bonchev–Trinajstić information content (AvgIpc) is 2.31. The Labute approximate surface area is 112 Å². The molecule has 1 aliphatic carbocycles. The van der Waals surface area contributed by atoms with E-state index in [0.717, 1.165) is 12.4 Å². The maximum Gasteiger partial charge on any atom is 0.451 e. The molecule has 2 rings (SSSR count). The summed E-state index contributed by atoms with van der Waals surface area (Å²) in [5, 5.41) is 10.8. The van der Waals surface area contributed by atoms with E-state index in [2.05, 4.69) is 15.3 Å². The van der Waals surface area contributed by atoms with E-state index in [4.69, 9.17) is 9.84 Å². The second kappa shape index (κ2) is 5.51. The Morgan fingerprint density at radius 1 is 1.40 bits per heavy atom. The van der Waals surface area contributed by atoms with Gasteiger partial charge in [-0.3, -0.25) is 0 Å². The number of aromatic nitrogens is 2. The molecular weight excluding hydrogens is 279 g/mol. The van der Waals surface area contributed by atoms with Gasteiger partial charge >= 0.3 is 12.3 Å². The van der Waals surface area contributed by atoms with Crippen LogP contribution in [0.4, 0.5) is 18.0 Å². The largest absolute Gasteiger partial charge is 0.490 e. The Balaban J connectivity index is 1.74. The molecule has 0 unspecified atom stereocenters. The summed E-state index contributed by atoms with van der Waals surface area (Å²) in [6.07, 6.45) is -2.39. The van der Waals surface area contributed by atoms with Gasteiger partial charge in [-0.25, -0.2) is 14.8 Å². The number of amides is 1. The summed E-state index contributed by atoms with van der Waals surface area (Å²) < 4.78 is 41.9. The van der Waals surface area contributed by atoms with E-state index in [0.29, 0.717) is 19.4 Å². The van der Waals surface area contributed by atoms with E-state index in [9.17, 15) is 18.0 Å². The minimum Gasteiger partial charge on any atom is -0.490 e. The molecule has 0 bridgehead atoms. The lowest BCUT2D eigenvalue weighted by atomic mass is 9.81. The predicted molar refractivity (Wildman–Crippen MR) is 60.2 cm³/mol. The zero-order valence-corrected chi connectivity index (χ0v) is 10.2. The maximum atomic E-state index is 12.2. The van der Waals surface area contributed by atoms with Crippen LogP contribution in [0.2, 0.25) is 0 Å². The monoisotopic (exact) mass is 291 g/mol. The molecule has 1 fully saturated rings. The average molecular weight is 291 g/mol. The van der Waals surface area contributed by atoms with Gasteiger partial charge in [0.1, 0.15) is 0 Å². The summed E-state index contributed by atoms with van der Waals surface area (Å²) in [4.78, 5) is 16.7. The SMILES string of the molecule is O=C(O)N[C@H]1C[C@@H](COc2cnc(C(F)(F)F)nc2)C1.